The minimum absolute atomic E-state index is 0. The van der Waals surface area contributed by atoms with Gasteiger partial charge in [-0.1, -0.05) is 12.1 Å². The Morgan fingerprint density at radius 3 is 2.73 bits per heavy atom. The summed E-state index contributed by atoms with van der Waals surface area (Å²) in [6.45, 7) is 0.955. The third-order valence-electron chi connectivity index (χ3n) is 2.83. The Balaban J connectivity index is 0.00000242. The van der Waals surface area contributed by atoms with Gasteiger partial charge in [-0.2, -0.15) is 0 Å². The van der Waals surface area contributed by atoms with Crippen LogP contribution in [-0.2, 0) is 17.9 Å². The van der Waals surface area contributed by atoms with Crippen molar-refractivity contribution in [2.24, 2.45) is 5.73 Å². The largest absolute Gasteiger partial charge is 1.00 e. The third-order valence-corrected chi connectivity index (χ3v) is 2.83. The number of halogens is 1. The number of methoxy groups -OCH3 is 1. The lowest BCUT2D eigenvalue weighted by molar-refractivity contribution is -0.119. The lowest BCUT2D eigenvalue weighted by atomic mass is 10.2. The first-order valence-corrected chi connectivity index (χ1v) is 6.50. The first-order chi connectivity index (χ1) is 10.2. The molecule has 7 heteroatoms. The standard InChI is InChI=1S/C15H18N2O4.ClH/c1-19-13-6-2-4-11(15(13)21-10-14(16)18)8-17-9-12-5-3-7-20-12;/h2-7,17H,8-10H2,1H3,(H2,16,18);1H/p-1. The van der Waals surface area contributed by atoms with Crippen molar-refractivity contribution >= 4 is 5.91 Å². The predicted molar refractivity (Wildman–Crippen MR) is 76.9 cm³/mol. The maximum atomic E-state index is 10.9. The second-order valence-electron chi connectivity index (χ2n) is 4.39. The SMILES string of the molecule is COc1cccc(CNCc2ccco2)c1OCC(N)=O.[Cl-]. The number of nitrogens with one attached hydrogen (secondary N) is 1. The van der Waals surface area contributed by atoms with E-state index in [9.17, 15) is 4.79 Å². The summed E-state index contributed by atoms with van der Waals surface area (Å²) in [6.07, 6.45) is 1.63. The van der Waals surface area contributed by atoms with E-state index in [2.05, 4.69) is 5.32 Å². The lowest BCUT2D eigenvalue weighted by Crippen LogP contribution is -3.00. The van der Waals surface area contributed by atoms with E-state index in [0.29, 0.717) is 24.6 Å². The molecule has 3 N–H and O–H groups in total. The van der Waals surface area contributed by atoms with Crippen LogP contribution >= 0.6 is 0 Å². The van der Waals surface area contributed by atoms with Crippen molar-refractivity contribution in [3.05, 3.63) is 47.9 Å². The van der Waals surface area contributed by atoms with Gasteiger partial charge in [0.2, 0.25) is 0 Å². The number of amides is 1. The molecule has 120 valence electrons. The van der Waals surface area contributed by atoms with Crippen molar-refractivity contribution in [2.45, 2.75) is 13.1 Å². The molecule has 0 radical (unpaired) electrons. The first kappa shape index (κ1) is 17.9. The van der Waals surface area contributed by atoms with E-state index in [-0.39, 0.29) is 19.0 Å². The zero-order valence-electron chi connectivity index (χ0n) is 12.2. The molecule has 1 aromatic carbocycles. The first-order valence-electron chi connectivity index (χ1n) is 6.50. The molecule has 0 spiro atoms. The summed E-state index contributed by atoms with van der Waals surface area (Å²) in [5, 5.41) is 3.24. The van der Waals surface area contributed by atoms with Crippen LogP contribution in [-0.4, -0.2) is 19.6 Å². The number of rotatable bonds is 8. The molecule has 2 aromatic rings. The maximum absolute atomic E-state index is 10.9. The summed E-state index contributed by atoms with van der Waals surface area (Å²) in [4.78, 5) is 10.9. The number of primary amides is 1. The normalized spacial score (nSPS) is 9.86. The molecule has 0 saturated heterocycles. The Morgan fingerprint density at radius 2 is 2.09 bits per heavy atom. The van der Waals surface area contributed by atoms with Crippen LogP contribution in [0.2, 0.25) is 0 Å². The van der Waals surface area contributed by atoms with Crippen molar-refractivity contribution < 1.29 is 31.1 Å². The number of para-hydroxylation sites is 1. The summed E-state index contributed by atoms with van der Waals surface area (Å²) in [5.41, 5.74) is 5.99. The van der Waals surface area contributed by atoms with E-state index in [1.807, 2.05) is 24.3 Å². The highest BCUT2D eigenvalue weighted by atomic mass is 35.5. The second-order valence-corrected chi connectivity index (χ2v) is 4.39. The number of carbonyl (C=O) groups excluding carboxylic acids is 1. The van der Waals surface area contributed by atoms with Crippen LogP contribution in [0.3, 0.4) is 0 Å². The number of furan rings is 1. The van der Waals surface area contributed by atoms with E-state index in [4.69, 9.17) is 19.6 Å². The second kappa shape index (κ2) is 8.96. The molecule has 22 heavy (non-hydrogen) atoms. The van der Waals surface area contributed by atoms with E-state index in [1.54, 1.807) is 19.4 Å². The number of hydrogen-bond donors (Lipinski definition) is 2. The monoisotopic (exact) mass is 325 g/mol. The van der Waals surface area contributed by atoms with Crippen molar-refractivity contribution in [1.29, 1.82) is 0 Å². The molecule has 1 amide bonds. The fourth-order valence-electron chi connectivity index (χ4n) is 1.90. The van der Waals surface area contributed by atoms with Gasteiger partial charge in [-0.25, -0.2) is 0 Å². The summed E-state index contributed by atoms with van der Waals surface area (Å²) < 4.78 is 15.9. The van der Waals surface area contributed by atoms with Gasteiger partial charge in [-0.05, 0) is 18.2 Å². The molecule has 0 aliphatic heterocycles. The van der Waals surface area contributed by atoms with Crippen LogP contribution in [0.25, 0.3) is 0 Å². The zero-order valence-corrected chi connectivity index (χ0v) is 12.9. The Kier molecular flexibility index (Phi) is 7.28. The zero-order chi connectivity index (χ0) is 15.1. The average molecular weight is 326 g/mol. The number of benzene rings is 1. The van der Waals surface area contributed by atoms with Crippen molar-refractivity contribution in [2.75, 3.05) is 13.7 Å². The predicted octanol–water partition coefficient (Wildman–Crippen LogP) is -1.55. The highest BCUT2D eigenvalue weighted by Crippen LogP contribution is 2.31. The Hall–Kier alpha value is -2.18. The minimum Gasteiger partial charge on any atom is -1.00 e. The van der Waals surface area contributed by atoms with Gasteiger partial charge in [0.05, 0.1) is 19.9 Å². The molecule has 0 fully saturated rings. The molecule has 0 unspecified atom stereocenters. The summed E-state index contributed by atoms with van der Waals surface area (Å²) in [5.74, 6) is 1.40. The molecular formula is C15H18ClN2O4-. The Labute approximate surface area is 135 Å². The molecule has 0 aliphatic rings. The molecule has 0 atom stereocenters. The van der Waals surface area contributed by atoms with Gasteiger partial charge in [-0.15, -0.1) is 0 Å². The number of hydrogen-bond acceptors (Lipinski definition) is 5. The van der Waals surface area contributed by atoms with Gasteiger partial charge in [0.15, 0.2) is 18.1 Å². The molecule has 1 aromatic heterocycles. The lowest BCUT2D eigenvalue weighted by Gasteiger charge is -2.14. The van der Waals surface area contributed by atoms with E-state index >= 15 is 0 Å². The van der Waals surface area contributed by atoms with Gasteiger partial charge >= 0.3 is 0 Å². The number of ether oxygens (including phenoxy) is 2. The van der Waals surface area contributed by atoms with E-state index in [0.717, 1.165) is 11.3 Å². The average Bonchev–Trinajstić information content (AvgIpc) is 2.98. The van der Waals surface area contributed by atoms with E-state index in [1.165, 1.54) is 0 Å². The summed E-state index contributed by atoms with van der Waals surface area (Å²) >= 11 is 0. The Morgan fingerprint density at radius 1 is 1.27 bits per heavy atom. The number of nitrogens with two attached hydrogens (primary N) is 1. The van der Waals surface area contributed by atoms with Crippen LogP contribution < -0.4 is 32.9 Å². The van der Waals surface area contributed by atoms with Gasteiger partial charge < -0.3 is 37.3 Å². The maximum Gasteiger partial charge on any atom is 0.255 e. The Bertz CT molecular complexity index is 587. The van der Waals surface area contributed by atoms with Crippen molar-refractivity contribution in [3.8, 4) is 11.5 Å². The highest BCUT2D eigenvalue weighted by Gasteiger charge is 2.11. The van der Waals surface area contributed by atoms with Crippen LogP contribution in [0.15, 0.2) is 41.0 Å². The van der Waals surface area contributed by atoms with Gasteiger partial charge in [0, 0.05) is 12.1 Å². The van der Waals surface area contributed by atoms with E-state index < -0.39 is 5.91 Å². The van der Waals surface area contributed by atoms with Crippen molar-refractivity contribution in [1.82, 2.24) is 5.32 Å². The van der Waals surface area contributed by atoms with Crippen LogP contribution in [0.1, 0.15) is 11.3 Å². The molecule has 6 nitrogen and oxygen atoms in total. The van der Waals surface area contributed by atoms with Crippen molar-refractivity contribution in [3.63, 3.8) is 0 Å². The molecule has 0 aliphatic carbocycles. The van der Waals surface area contributed by atoms with Gasteiger partial charge in [-0.3, -0.25) is 4.79 Å². The topological polar surface area (TPSA) is 86.7 Å². The fourth-order valence-corrected chi connectivity index (χ4v) is 1.90. The van der Waals surface area contributed by atoms with Gasteiger partial charge in [0.25, 0.3) is 5.91 Å². The third kappa shape index (κ3) is 4.98. The molecule has 2 rings (SSSR count). The summed E-state index contributed by atoms with van der Waals surface area (Å²) in [7, 11) is 1.55. The number of carbonyl (C=O) groups is 1. The molecule has 0 saturated carbocycles. The van der Waals surface area contributed by atoms with Crippen LogP contribution in [0.5, 0.6) is 11.5 Å². The molecular weight excluding hydrogens is 308 g/mol. The van der Waals surface area contributed by atoms with Gasteiger partial charge in [0.1, 0.15) is 5.76 Å². The molecule has 1 heterocycles. The molecule has 0 bridgehead atoms. The summed E-state index contributed by atoms with van der Waals surface area (Å²) in [6, 6.07) is 9.26. The quantitative estimate of drug-likeness (QED) is 0.613. The van der Waals surface area contributed by atoms with Crippen LogP contribution in [0.4, 0.5) is 0 Å². The smallest absolute Gasteiger partial charge is 0.255 e. The highest BCUT2D eigenvalue weighted by molar-refractivity contribution is 5.75. The fraction of sp³-hybridized carbons (Fsp3) is 0.267. The van der Waals surface area contributed by atoms with Crippen LogP contribution in [0, 0.1) is 0 Å². The minimum atomic E-state index is -0.532.